The third-order valence-electron chi connectivity index (χ3n) is 8.04. The number of rotatable bonds is 36. The molecule has 0 saturated carbocycles. The van der Waals surface area contributed by atoms with E-state index in [1.54, 1.807) is 0 Å². The van der Waals surface area contributed by atoms with Crippen molar-refractivity contribution >= 4 is 13.8 Å². The summed E-state index contributed by atoms with van der Waals surface area (Å²) in [5.41, 5.74) is 0. The molecule has 296 valence electrons. The monoisotopic (exact) mass is 739 g/mol. The van der Waals surface area contributed by atoms with Crippen LogP contribution in [-0.2, 0) is 27.9 Å². The molecular weight excluding hydrogens is 661 g/mol. The lowest BCUT2D eigenvalue weighted by Gasteiger charge is -2.24. The van der Waals surface area contributed by atoms with Gasteiger partial charge in [0.1, 0.15) is 19.3 Å². The summed E-state index contributed by atoms with van der Waals surface area (Å²) in [6.45, 7) is 5.37. The molecule has 0 heterocycles. The van der Waals surface area contributed by atoms with E-state index in [1.165, 1.54) is 25.7 Å². The van der Waals surface area contributed by atoms with Gasteiger partial charge in [-0.1, -0.05) is 126 Å². The summed E-state index contributed by atoms with van der Waals surface area (Å²) >= 11 is 0. The molecule has 9 heteroatoms. The quantitative estimate of drug-likeness (QED) is 0.0225. The van der Waals surface area contributed by atoms with E-state index in [2.05, 4.69) is 74.6 Å². The molecule has 0 aliphatic carbocycles. The van der Waals surface area contributed by atoms with Crippen LogP contribution in [0.3, 0.4) is 0 Å². The number of quaternary nitrogens is 1. The molecule has 0 aliphatic heterocycles. The van der Waals surface area contributed by atoms with Crippen LogP contribution in [0.25, 0.3) is 0 Å². The Morgan fingerprint density at radius 3 is 1.71 bits per heavy atom. The highest BCUT2D eigenvalue weighted by Crippen LogP contribution is 2.43. The number of ether oxygens (including phenoxy) is 2. The molecule has 2 atom stereocenters. The Bertz CT molecular complexity index is 1000. The summed E-state index contributed by atoms with van der Waals surface area (Å²) in [6.07, 6.45) is 42.5. The van der Waals surface area contributed by atoms with E-state index < -0.39 is 13.9 Å². The minimum Gasteiger partial charge on any atom is -0.457 e. The summed E-state index contributed by atoms with van der Waals surface area (Å²) in [5.74, 6) is -0.337. The van der Waals surface area contributed by atoms with E-state index in [0.29, 0.717) is 24.1 Å². The summed E-state index contributed by atoms with van der Waals surface area (Å²) in [5, 5.41) is 0. The Morgan fingerprint density at radius 1 is 0.627 bits per heavy atom. The van der Waals surface area contributed by atoms with Crippen LogP contribution in [0.15, 0.2) is 60.8 Å². The number of likely N-dealkylation sites (N-methyl/N-ethyl adjacent to an activating group) is 1. The van der Waals surface area contributed by atoms with Crippen molar-refractivity contribution in [1.82, 2.24) is 0 Å². The smallest absolute Gasteiger partial charge is 0.457 e. The van der Waals surface area contributed by atoms with Gasteiger partial charge >= 0.3 is 13.8 Å². The molecule has 51 heavy (non-hydrogen) atoms. The summed E-state index contributed by atoms with van der Waals surface area (Å²) in [4.78, 5) is 22.8. The van der Waals surface area contributed by atoms with Gasteiger partial charge in [0.2, 0.25) is 0 Å². The van der Waals surface area contributed by atoms with Crippen LogP contribution in [0.1, 0.15) is 142 Å². The molecule has 0 aromatic heterocycles. The Balaban J connectivity index is 4.33. The van der Waals surface area contributed by atoms with Crippen molar-refractivity contribution in [2.45, 2.75) is 148 Å². The van der Waals surface area contributed by atoms with Crippen molar-refractivity contribution in [2.24, 2.45) is 0 Å². The molecule has 0 amide bonds. The number of allylic oxidation sites excluding steroid dienone is 10. The van der Waals surface area contributed by atoms with E-state index in [9.17, 15) is 14.3 Å². The number of carbonyl (C=O) groups is 1. The summed E-state index contributed by atoms with van der Waals surface area (Å²) < 4.78 is 34.9. The molecule has 0 radical (unpaired) electrons. The number of phosphoric ester groups is 1. The number of phosphoric acid groups is 1. The normalized spacial score (nSPS) is 14.5. The first kappa shape index (κ1) is 49.2. The second-order valence-corrected chi connectivity index (χ2v) is 15.7. The van der Waals surface area contributed by atoms with Gasteiger partial charge in [-0.05, 0) is 70.6 Å². The van der Waals surface area contributed by atoms with Crippen LogP contribution in [0.4, 0.5) is 0 Å². The molecule has 8 nitrogen and oxygen atoms in total. The minimum atomic E-state index is -4.28. The molecule has 0 saturated heterocycles. The highest BCUT2D eigenvalue weighted by molar-refractivity contribution is 7.47. The molecule has 0 fully saturated rings. The lowest BCUT2D eigenvalue weighted by Crippen LogP contribution is -2.37. The van der Waals surface area contributed by atoms with Crippen LogP contribution in [0, 0.1) is 0 Å². The second-order valence-electron chi connectivity index (χ2n) is 14.3. The average Bonchev–Trinajstić information content (AvgIpc) is 3.08. The van der Waals surface area contributed by atoms with Gasteiger partial charge in [-0.25, -0.2) is 4.57 Å². The topological polar surface area (TPSA) is 91.3 Å². The van der Waals surface area contributed by atoms with Crippen molar-refractivity contribution in [1.29, 1.82) is 0 Å². The van der Waals surface area contributed by atoms with E-state index in [-0.39, 0.29) is 25.8 Å². The van der Waals surface area contributed by atoms with Crippen molar-refractivity contribution in [3.05, 3.63) is 60.8 Å². The Kier molecular flexibility index (Phi) is 34.0. The first-order valence-corrected chi connectivity index (χ1v) is 21.5. The van der Waals surface area contributed by atoms with Crippen molar-refractivity contribution in [3.8, 4) is 0 Å². The molecule has 2 unspecified atom stereocenters. The van der Waals surface area contributed by atoms with E-state index in [0.717, 1.165) is 96.3 Å². The number of nitrogens with zero attached hydrogens (tertiary/aromatic N) is 1. The molecular formula is C42H77NO7P+. The molecule has 0 bridgehead atoms. The zero-order chi connectivity index (χ0) is 37.7. The third kappa shape index (κ3) is 39.2. The summed E-state index contributed by atoms with van der Waals surface area (Å²) in [6, 6.07) is 0. The Labute approximate surface area is 313 Å². The van der Waals surface area contributed by atoms with Crippen molar-refractivity contribution < 1.29 is 37.3 Å². The first-order chi connectivity index (χ1) is 24.6. The summed E-state index contributed by atoms with van der Waals surface area (Å²) in [7, 11) is 1.64. The maximum absolute atomic E-state index is 12.6. The predicted octanol–water partition coefficient (Wildman–Crippen LogP) is 11.4. The van der Waals surface area contributed by atoms with Gasteiger partial charge in [0.15, 0.2) is 0 Å². The maximum atomic E-state index is 12.6. The zero-order valence-electron chi connectivity index (χ0n) is 33.3. The number of unbranched alkanes of at least 4 members (excludes halogenated alkanes) is 12. The standard InChI is InChI=1S/C42H76NO7P/c1-6-8-10-12-14-16-18-20-21-22-24-26-28-30-32-34-37-47-39-41(40-49-51(45,46)48-38-36-43(3,4)5)50-42(44)35-33-31-29-27-25-23-19-17-15-13-11-9-7-2/h8,10-11,13-14,16-17,19-21,41H,6-7,9,12,15,18,22-40H2,1-5H3/p+1/b10-8-,13-11-,16-14-,19-17-,21-20-. The van der Waals surface area contributed by atoms with Crippen LogP contribution in [-0.4, -0.2) is 75.6 Å². The number of carbonyl (C=O) groups excluding carboxylic acids is 1. The Morgan fingerprint density at radius 2 is 1.14 bits per heavy atom. The van der Waals surface area contributed by atoms with Crippen molar-refractivity contribution in [2.75, 3.05) is 54.1 Å². The number of esters is 1. The van der Waals surface area contributed by atoms with Crippen LogP contribution < -0.4 is 0 Å². The number of hydrogen-bond donors (Lipinski definition) is 1. The van der Waals surface area contributed by atoms with E-state index in [1.807, 2.05) is 21.1 Å². The fourth-order valence-corrected chi connectivity index (χ4v) is 5.70. The van der Waals surface area contributed by atoms with Crippen LogP contribution in [0.5, 0.6) is 0 Å². The number of hydrogen-bond acceptors (Lipinski definition) is 6. The Hall–Kier alpha value is -1.80. The highest BCUT2D eigenvalue weighted by Gasteiger charge is 2.26. The zero-order valence-corrected chi connectivity index (χ0v) is 34.2. The maximum Gasteiger partial charge on any atom is 0.472 e. The van der Waals surface area contributed by atoms with Gasteiger partial charge in [0, 0.05) is 13.0 Å². The van der Waals surface area contributed by atoms with Gasteiger partial charge in [0.05, 0.1) is 34.4 Å². The SMILES string of the molecule is CC/C=C\C/C=C\C/C=C\CCCCCCCCOCC(COP(=O)(O)OCC[N+](C)(C)C)OC(=O)CCCCCCC/C=C\C/C=C\CCC. The van der Waals surface area contributed by atoms with Gasteiger partial charge < -0.3 is 18.9 Å². The fraction of sp³-hybridized carbons (Fsp3) is 0.738. The largest absolute Gasteiger partial charge is 0.472 e. The molecule has 0 spiro atoms. The van der Waals surface area contributed by atoms with Crippen LogP contribution >= 0.6 is 7.82 Å². The third-order valence-corrected chi connectivity index (χ3v) is 9.03. The molecule has 0 aromatic carbocycles. The molecule has 0 aliphatic rings. The minimum absolute atomic E-state index is 0.0800. The fourth-order valence-electron chi connectivity index (χ4n) is 4.96. The highest BCUT2D eigenvalue weighted by atomic mass is 31.2. The molecule has 0 rings (SSSR count). The molecule has 0 aromatic rings. The predicted molar refractivity (Wildman–Crippen MR) is 215 cm³/mol. The van der Waals surface area contributed by atoms with Gasteiger partial charge in [-0.3, -0.25) is 13.8 Å². The average molecular weight is 739 g/mol. The van der Waals surface area contributed by atoms with E-state index >= 15 is 0 Å². The van der Waals surface area contributed by atoms with Gasteiger partial charge in [0.25, 0.3) is 0 Å². The van der Waals surface area contributed by atoms with Crippen molar-refractivity contribution in [3.63, 3.8) is 0 Å². The lowest BCUT2D eigenvalue weighted by atomic mass is 10.1. The first-order valence-electron chi connectivity index (χ1n) is 20.0. The van der Waals surface area contributed by atoms with Gasteiger partial charge in [-0.2, -0.15) is 0 Å². The van der Waals surface area contributed by atoms with Crippen LogP contribution in [0.2, 0.25) is 0 Å². The molecule has 1 N–H and O–H groups in total. The van der Waals surface area contributed by atoms with Gasteiger partial charge in [-0.15, -0.1) is 0 Å². The lowest BCUT2D eigenvalue weighted by molar-refractivity contribution is -0.870. The van der Waals surface area contributed by atoms with E-state index in [4.69, 9.17) is 18.5 Å². The second kappa shape index (κ2) is 35.2.